The van der Waals surface area contributed by atoms with Crippen molar-refractivity contribution in [2.24, 2.45) is 5.92 Å². The van der Waals surface area contributed by atoms with Crippen LogP contribution in [-0.4, -0.2) is 12.5 Å². The van der Waals surface area contributed by atoms with E-state index in [2.05, 4.69) is 36.5 Å². The molecule has 2 aromatic rings. The molecule has 0 saturated heterocycles. The second-order valence-electron chi connectivity index (χ2n) is 6.13. The first-order chi connectivity index (χ1) is 11.2. The minimum Gasteiger partial charge on any atom is -0.493 e. The molecular formula is C20H23NO2. The average Bonchev–Trinajstić information content (AvgIpc) is 3.39. The van der Waals surface area contributed by atoms with Crippen molar-refractivity contribution < 1.29 is 9.53 Å². The van der Waals surface area contributed by atoms with Crippen molar-refractivity contribution in [2.75, 3.05) is 6.61 Å². The van der Waals surface area contributed by atoms with E-state index in [-0.39, 0.29) is 11.9 Å². The standard InChI is InChI=1S/C20H23NO2/c1-3-23-18-7-5-4-6-17(18)20(22)21-19(16-12-13-16)15-10-8-14(2)9-11-15/h4-11,16,19H,3,12-13H2,1-2H3,(H,21,22). The Morgan fingerprint density at radius 3 is 2.52 bits per heavy atom. The lowest BCUT2D eigenvalue weighted by Gasteiger charge is -2.20. The van der Waals surface area contributed by atoms with Crippen molar-refractivity contribution in [3.8, 4) is 5.75 Å². The number of para-hydroxylation sites is 1. The number of hydrogen-bond acceptors (Lipinski definition) is 2. The summed E-state index contributed by atoms with van der Waals surface area (Å²) in [6.45, 7) is 4.55. The third-order valence-corrected chi connectivity index (χ3v) is 4.25. The van der Waals surface area contributed by atoms with Crippen LogP contribution >= 0.6 is 0 Å². The number of benzene rings is 2. The largest absolute Gasteiger partial charge is 0.493 e. The maximum absolute atomic E-state index is 12.7. The first-order valence-corrected chi connectivity index (χ1v) is 8.28. The molecule has 1 aliphatic rings. The lowest BCUT2D eigenvalue weighted by atomic mass is 10.0. The second-order valence-corrected chi connectivity index (χ2v) is 6.13. The van der Waals surface area contributed by atoms with Crippen molar-refractivity contribution in [3.63, 3.8) is 0 Å². The van der Waals surface area contributed by atoms with Crippen LogP contribution in [0.3, 0.4) is 0 Å². The Labute approximate surface area is 137 Å². The van der Waals surface area contributed by atoms with E-state index in [0.29, 0.717) is 23.8 Å². The zero-order valence-corrected chi connectivity index (χ0v) is 13.7. The normalized spacial score (nSPS) is 15.0. The van der Waals surface area contributed by atoms with E-state index in [1.165, 1.54) is 24.0 Å². The summed E-state index contributed by atoms with van der Waals surface area (Å²) in [5.74, 6) is 1.12. The van der Waals surface area contributed by atoms with Crippen molar-refractivity contribution >= 4 is 5.91 Å². The van der Waals surface area contributed by atoms with Crippen molar-refractivity contribution in [2.45, 2.75) is 32.7 Å². The van der Waals surface area contributed by atoms with Gasteiger partial charge >= 0.3 is 0 Å². The molecule has 1 amide bonds. The van der Waals surface area contributed by atoms with Crippen LogP contribution in [0.1, 0.15) is 47.3 Å². The first-order valence-electron chi connectivity index (χ1n) is 8.28. The van der Waals surface area contributed by atoms with E-state index >= 15 is 0 Å². The van der Waals surface area contributed by atoms with Crippen LogP contribution in [0.5, 0.6) is 5.75 Å². The third-order valence-electron chi connectivity index (χ3n) is 4.25. The van der Waals surface area contributed by atoms with Crippen LogP contribution in [0.15, 0.2) is 48.5 Å². The molecule has 3 rings (SSSR count). The molecular weight excluding hydrogens is 286 g/mol. The Kier molecular flexibility index (Phi) is 4.65. The summed E-state index contributed by atoms with van der Waals surface area (Å²) in [6, 6.07) is 15.9. The zero-order chi connectivity index (χ0) is 16.2. The van der Waals surface area contributed by atoms with Gasteiger partial charge in [0.05, 0.1) is 18.2 Å². The Balaban J connectivity index is 1.81. The predicted octanol–water partition coefficient (Wildman–Crippen LogP) is 4.27. The first kappa shape index (κ1) is 15.6. The Bertz CT molecular complexity index is 674. The van der Waals surface area contributed by atoms with Crippen molar-refractivity contribution in [1.82, 2.24) is 5.32 Å². The molecule has 0 aromatic heterocycles. The molecule has 1 N–H and O–H groups in total. The Morgan fingerprint density at radius 2 is 1.87 bits per heavy atom. The average molecular weight is 309 g/mol. The van der Waals surface area contributed by atoms with Crippen LogP contribution in [0.2, 0.25) is 0 Å². The number of rotatable bonds is 6. The predicted molar refractivity (Wildman–Crippen MR) is 91.7 cm³/mol. The molecule has 23 heavy (non-hydrogen) atoms. The highest BCUT2D eigenvalue weighted by molar-refractivity contribution is 5.97. The summed E-state index contributed by atoms with van der Waals surface area (Å²) in [5.41, 5.74) is 3.02. The van der Waals surface area contributed by atoms with Gasteiger partial charge in [0.25, 0.3) is 5.91 Å². The van der Waals surface area contributed by atoms with Crippen LogP contribution in [0.4, 0.5) is 0 Å². The highest BCUT2D eigenvalue weighted by Crippen LogP contribution is 2.41. The van der Waals surface area contributed by atoms with Gasteiger partial charge in [-0.2, -0.15) is 0 Å². The van der Waals surface area contributed by atoms with Gasteiger partial charge in [-0.1, -0.05) is 42.0 Å². The van der Waals surface area contributed by atoms with Gasteiger partial charge in [-0.05, 0) is 50.3 Å². The maximum atomic E-state index is 12.7. The van der Waals surface area contributed by atoms with E-state index in [1.54, 1.807) is 0 Å². The zero-order valence-electron chi connectivity index (χ0n) is 13.7. The summed E-state index contributed by atoms with van der Waals surface area (Å²) in [5, 5.41) is 3.21. The lowest BCUT2D eigenvalue weighted by molar-refractivity contribution is 0.0928. The fraction of sp³-hybridized carbons (Fsp3) is 0.350. The number of carbonyl (C=O) groups is 1. The van der Waals surface area contributed by atoms with Crippen LogP contribution in [-0.2, 0) is 0 Å². The highest BCUT2D eigenvalue weighted by atomic mass is 16.5. The smallest absolute Gasteiger partial charge is 0.255 e. The number of carbonyl (C=O) groups excluding carboxylic acids is 1. The molecule has 2 aromatic carbocycles. The molecule has 0 radical (unpaired) electrons. The minimum absolute atomic E-state index is 0.0634. The quantitative estimate of drug-likeness (QED) is 0.865. The van der Waals surface area contributed by atoms with Gasteiger partial charge < -0.3 is 10.1 Å². The number of hydrogen-bond donors (Lipinski definition) is 1. The van der Waals surface area contributed by atoms with Crippen LogP contribution in [0, 0.1) is 12.8 Å². The van der Waals surface area contributed by atoms with E-state index < -0.39 is 0 Å². The molecule has 1 fully saturated rings. The summed E-state index contributed by atoms with van der Waals surface area (Å²) in [4.78, 5) is 12.7. The number of ether oxygens (including phenoxy) is 1. The SMILES string of the molecule is CCOc1ccccc1C(=O)NC(c1ccc(C)cc1)C1CC1. The van der Waals surface area contributed by atoms with Gasteiger partial charge in [-0.25, -0.2) is 0 Å². The van der Waals surface area contributed by atoms with E-state index in [9.17, 15) is 4.79 Å². The molecule has 0 bridgehead atoms. The van der Waals surface area contributed by atoms with Crippen LogP contribution < -0.4 is 10.1 Å². The van der Waals surface area contributed by atoms with Gasteiger partial charge in [0.1, 0.15) is 5.75 Å². The van der Waals surface area contributed by atoms with E-state index in [4.69, 9.17) is 4.74 Å². The third kappa shape index (κ3) is 3.73. The monoisotopic (exact) mass is 309 g/mol. The van der Waals surface area contributed by atoms with Crippen LogP contribution in [0.25, 0.3) is 0 Å². The molecule has 1 atom stereocenters. The fourth-order valence-corrected chi connectivity index (χ4v) is 2.83. The van der Waals surface area contributed by atoms with E-state index in [1.807, 2.05) is 31.2 Å². The molecule has 3 nitrogen and oxygen atoms in total. The Morgan fingerprint density at radius 1 is 1.17 bits per heavy atom. The number of nitrogens with one attached hydrogen (secondary N) is 1. The van der Waals surface area contributed by atoms with Crippen molar-refractivity contribution in [1.29, 1.82) is 0 Å². The molecule has 1 unspecified atom stereocenters. The summed E-state index contributed by atoms with van der Waals surface area (Å²) >= 11 is 0. The number of amides is 1. The highest BCUT2D eigenvalue weighted by Gasteiger charge is 2.33. The number of aryl methyl sites for hydroxylation is 1. The molecule has 0 heterocycles. The maximum Gasteiger partial charge on any atom is 0.255 e. The lowest BCUT2D eigenvalue weighted by Crippen LogP contribution is -2.30. The molecule has 0 spiro atoms. The summed E-state index contributed by atoms with van der Waals surface area (Å²) in [7, 11) is 0. The molecule has 0 aliphatic heterocycles. The molecule has 1 aliphatic carbocycles. The van der Waals surface area contributed by atoms with Gasteiger partial charge in [0.2, 0.25) is 0 Å². The van der Waals surface area contributed by atoms with E-state index in [0.717, 1.165) is 0 Å². The second kappa shape index (κ2) is 6.86. The van der Waals surface area contributed by atoms with Gasteiger partial charge in [-0.15, -0.1) is 0 Å². The van der Waals surface area contributed by atoms with Crippen molar-refractivity contribution in [3.05, 3.63) is 65.2 Å². The van der Waals surface area contributed by atoms with Gasteiger partial charge in [0.15, 0.2) is 0 Å². The topological polar surface area (TPSA) is 38.3 Å². The molecule has 120 valence electrons. The summed E-state index contributed by atoms with van der Waals surface area (Å²) < 4.78 is 5.58. The van der Waals surface area contributed by atoms with Gasteiger partial charge in [-0.3, -0.25) is 4.79 Å². The Hall–Kier alpha value is -2.29. The molecule has 3 heteroatoms. The molecule has 1 saturated carbocycles. The summed E-state index contributed by atoms with van der Waals surface area (Å²) in [6.07, 6.45) is 2.35. The fourth-order valence-electron chi connectivity index (χ4n) is 2.83. The minimum atomic E-state index is -0.0634. The van der Waals surface area contributed by atoms with Gasteiger partial charge in [0, 0.05) is 0 Å².